The van der Waals surface area contributed by atoms with Crippen molar-refractivity contribution in [2.45, 2.75) is 141 Å². The SMILES string of the molecule is CC[C@H]1OC(=O)[C@H](C)[C@@H](OC(=O)Cc2ccc(-c3ccccc3)cc2)[C@H](C)[C@@H](O[C@@H]2O[C@H](C)C[C@H](N(C)C)[C@H]2O)[C@](C)(OC)C[C@@H](C)C(=O)[C@H](C)[C@H]2OC(=O)O[C@@]21C. The number of carbonyl (C=O) groups is 4. The van der Waals surface area contributed by atoms with Gasteiger partial charge in [0.25, 0.3) is 0 Å². The van der Waals surface area contributed by atoms with Crippen LogP contribution < -0.4 is 0 Å². The summed E-state index contributed by atoms with van der Waals surface area (Å²) in [5, 5.41) is 11.6. The molecule has 320 valence electrons. The van der Waals surface area contributed by atoms with Crippen molar-refractivity contribution >= 4 is 23.9 Å². The molecule has 0 radical (unpaired) electrons. The summed E-state index contributed by atoms with van der Waals surface area (Å²) in [4.78, 5) is 57.3. The number of Topliss-reactive ketones (excluding diaryl/α,β-unsaturated/α-hetero) is 1. The molecule has 0 saturated carbocycles. The summed E-state index contributed by atoms with van der Waals surface area (Å²) in [7, 11) is 5.25. The van der Waals surface area contributed by atoms with Gasteiger partial charge in [0.1, 0.15) is 24.1 Å². The number of methoxy groups -OCH3 is 1. The van der Waals surface area contributed by atoms with Crippen molar-refractivity contribution in [3.8, 4) is 11.1 Å². The third-order valence-corrected chi connectivity index (χ3v) is 12.6. The lowest BCUT2D eigenvalue weighted by Gasteiger charge is -2.48. The van der Waals surface area contributed by atoms with Gasteiger partial charge in [-0.05, 0) is 77.7 Å². The Hall–Kier alpha value is -3.88. The highest BCUT2D eigenvalue weighted by molar-refractivity contribution is 5.84. The van der Waals surface area contributed by atoms with Crippen LogP contribution in [0.1, 0.15) is 80.2 Å². The number of nitrogens with zero attached hydrogens (tertiary/aromatic N) is 1. The van der Waals surface area contributed by atoms with Gasteiger partial charge in [0.2, 0.25) is 0 Å². The minimum absolute atomic E-state index is 0.0896. The van der Waals surface area contributed by atoms with E-state index in [0.29, 0.717) is 12.0 Å². The zero-order valence-electron chi connectivity index (χ0n) is 35.8. The fraction of sp³-hybridized carbons (Fsp3) is 0.644. The van der Waals surface area contributed by atoms with Gasteiger partial charge in [0, 0.05) is 25.0 Å². The highest BCUT2D eigenvalue weighted by Gasteiger charge is 2.59. The summed E-state index contributed by atoms with van der Waals surface area (Å²) in [6.07, 6.45) is -6.90. The van der Waals surface area contributed by atoms with Gasteiger partial charge in [-0.25, -0.2) is 4.79 Å². The molecule has 3 aliphatic rings. The molecule has 2 aromatic rings. The van der Waals surface area contributed by atoms with Crippen LogP contribution >= 0.6 is 0 Å². The van der Waals surface area contributed by atoms with Crippen LogP contribution in [0.25, 0.3) is 11.1 Å². The molecule has 3 aliphatic heterocycles. The Bertz CT molecular complexity index is 1740. The van der Waals surface area contributed by atoms with E-state index in [0.717, 1.165) is 11.1 Å². The molecule has 13 heteroatoms. The summed E-state index contributed by atoms with van der Waals surface area (Å²) in [5.74, 6) is -4.94. The number of likely N-dealkylation sites (N-methyl/N-ethyl adjacent to an activating group) is 1. The lowest BCUT2D eigenvalue weighted by atomic mass is 9.74. The molecular weight excluding hydrogens is 746 g/mol. The third kappa shape index (κ3) is 9.60. The van der Waals surface area contributed by atoms with Crippen LogP contribution in [0, 0.1) is 23.7 Å². The number of fused-ring (bicyclic) bond motifs is 1. The fourth-order valence-corrected chi connectivity index (χ4v) is 9.21. The van der Waals surface area contributed by atoms with Crippen LogP contribution in [0.2, 0.25) is 0 Å². The quantitative estimate of drug-likeness (QED) is 0.227. The number of ketones is 1. The van der Waals surface area contributed by atoms with Gasteiger partial charge in [-0.3, -0.25) is 14.4 Å². The molecule has 1 N–H and O–H groups in total. The zero-order chi connectivity index (χ0) is 42.7. The number of hydrogen-bond donors (Lipinski definition) is 1. The van der Waals surface area contributed by atoms with E-state index in [9.17, 15) is 24.3 Å². The molecule has 3 saturated heterocycles. The number of carbonyl (C=O) groups excluding carboxylic acids is 4. The van der Waals surface area contributed by atoms with Gasteiger partial charge in [0.05, 0.1) is 36.1 Å². The Balaban J connectivity index is 1.56. The van der Waals surface area contributed by atoms with Crippen molar-refractivity contribution in [3.05, 3.63) is 60.2 Å². The highest BCUT2D eigenvalue weighted by Crippen LogP contribution is 2.43. The van der Waals surface area contributed by atoms with Crippen molar-refractivity contribution in [1.82, 2.24) is 4.90 Å². The molecule has 3 heterocycles. The van der Waals surface area contributed by atoms with Crippen LogP contribution in [0.5, 0.6) is 0 Å². The maximum absolute atomic E-state index is 14.4. The Labute approximate surface area is 343 Å². The summed E-state index contributed by atoms with van der Waals surface area (Å²) in [6.45, 7) is 13.9. The van der Waals surface area contributed by atoms with Crippen molar-refractivity contribution in [2.24, 2.45) is 23.7 Å². The van der Waals surface area contributed by atoms with Crippen LogP contribution in [0.4, 0.5) is 4.79 Å². The van der Waals surface area contributed by atoms with Crippen LogP contribution in [0.15, 0.2) is 54.6 Å². The Kier molecular flexibility index (Phi) is 14.5. The first kappa shape index (κ1) is 45.2. The molecular formula is C45H63NO12. The third-order valence-electron chi connectivity index (χ3n) is 12.6. The second kappa shape index (κ2) is 18.6. The maximum Gasteiger partial charge on any atom is 0.509 e. The molecule has 13 nitrogen and oxygen atoms in total. The Morgan fingerprint density at radius 2 is 1.55 bits per heavy atom. The smallest absolute Gasteiger partial charge is 0.461 e. The molecule has 5 rings (SSSR count). The molecule has 0 spiro atoms. The molecule has 2 aromatic carbocycles. The van der Waals surface area contributed by atoms with Crippen molar-refractivity contribution in [3.63, 3.8) is 0 Å². The summed E-state index contributed by atoms with van der Waals surface area (Å²) in [5.41, 5.74) is -0.0331. The number of aliphatic hydroxyl groups is 1. The second-order valence-electron chi connectivity index (χ2n) is 17.2. The summed E-state index contributed by atoms with van der Waals surface area (Å²) in [6, 6.07) is 17.2. The highest BCUT2D eigenvalue weighted by atomic mass is 16.8. The van der Waals surface area contributed by atoms with Crippen molar-refractivity contribution in [1.29, 1.82) is 0 Å². The topological polar surface area (TPSA) is 156 Å². The van der Waals surface area contributed by atoms with Gasteiger partial charge in [0.15, 0.2) is 18.0 Å². The number of hydrogen-bond acceptors (Lipinski definition) is 13. The molecule has 0 amide bonds. The molecule has 0 aromatic heterocycles. The second-order valence-corrected chi connectivity index (χ2v) is 17.2. The standard InChI is InChI=1S/C45H63NO12/c1-12-34-45(8)40(57-43(51)58-45)27(4)36(48)25(2)24-44(7,52-11)39(56-42-37(49)33(46(9)10)22-26(3)53-42)28(5)38(29(6)41(50)54-34)55-35(47)23-30-18-20-32(21-19-30)31-16-14-13-15-17-31/h13-21,25-29,33-34,37-40,42,49H,12,22-24H2,1-11H3/t25-,26-,27+,28+,29-,33+,34-,37-,38+,39-,40-,42+,44-,45-/m1/s1. The molecule has 0 bridgehead atoms. The van der Waals surface area contributed by atoms with E-state index in [1.807, 2.05) is 80.5 Å². The number of aliphatic hydroxyl groups excluding tert-OH is 1. The van der Waals surface area contributed by atoms with Gasteiger partial charge in [-0.2, -0.15) is 0 Å². The number of ether oxygens (including phenoxy) is 7. The predicted octanol–water partition coefficient (Wildman–Crippen LogP) is 6.16. The Morgan fingerprint density at radius 3 is 2.16 bits per heavy atom. The zero-order valence-corrected chi connectivity index (χ0v) is 35.8. The maximum atomic E-state index is 14.4. The first-order valence-electron chi connectivity index (χ1n) is 20.5. The van der Waals surface area contributed by atoms with E-state index in [-0.39, 0.29) is 37.2 Å². The first-order valence-corrected chi connectivity index (χ1v) is 20.5. The Morgan fingerprint density at radius 1 is 0.914 bits per heavy atom. The molecule has 14 atom stereocenters. The van der Waals surface area contributed by atoms with Gasteiger partial charge in [-0.15, -0.1) is 0 Å². The average molecular weight is 810 g/mol. The van der Waals surface area contributed by atoms with Crippen LogP contribution in [0.3, 0.4) is 0 Å². The number of rotatable bonds is 9. The molecule has 58 heavy (non-hydrogen) atoms. The lowest BCUT2D eigenvalue weighted by Crippen LogP contribution is -2.60. The van der Waals surface area contributed by atoms with E-state index in [2.05, 4.69) is 0 Å². The first-order chi connectivity index (χ1) is 27.3. The summed E-state index contributed by atoms with van der Waals surface area (Å²) < 4.78 is 43.2. The lowest BCUT2D eigenvalue weighted by molar-refractivity contribution is -0.301. The van der Waals surface area contributed by atoms with Crippen LogP contribution in [-0.4, -0.2) is 115 Å². The fourth-order valence-electron chi connectivity index (χ4n) is 9.21. The summed E-state index contributed by atoms with van der Waals surface area (Å²) >= 11 is 0. The monoisotopic (exact) mass is 809 g/mol. The van der Waals surface area contributed by atoms with Gasteiger partial charge < -0.3 is 43.2 Å². The number of cyclic esters (lactones) is 1. The molecule has 3 fully saturated rings. The van der Waals surface area contributed by atoms with E-state index >= 15 is 0 Å². The van der Waals surface area contributed by atoms with Crippen molar-refractivity contribution < 1.29 is 57.4 Å². The van der Waals surface area contributed by atoms with E-state index in [1.165, 1.54) is 7.11 Å². The predicted molar refractivity (Wildman–Crippen MR) is 214 cm³/mol. The normalized spacial score (nSPS) is 37.6. The largest absolute Gasteiger partial charge is 0.509 e. The van der Waals surface area contributed by atoms with Crippen LogP contribution in [-0.2, 0) is 54.0 Å². The minimum atomic E-state index is -1.49. The van der Waals surface area contributed by atoms with E-state index in [4.69, 9.17) is 33.2 Å². The van der Waals surface area contributed by atoms with E-state index < -0.39 is 89.8 Å². The molecule has 0 aliphatic carbocycles. The molecule has 0 unspecified atom stereocenters. The average Bonchev–Trinajstić information content (AvgIpc) is 3.51. The van der Waals surface area contributed by atoms with Gasteiger partial charge >= 0.3 is 18.1 Å². The van der Waals surface area contributed by atoms with Gasteiger partial charge in [-0.1, -0.05) is 82.3 Å². The minimum Gasteiger partial charge on any atom is -0.461 e. The number of esters is 2. The number of benzene rings is 2. The van der Waals surface area contributed by atoms with E-state index in [1.54, 1.807) is 48.5 Å². The van der Waals surface area contributed by atoms with Crippen molar-refractivity contribution in [2.75, 3.05) is 21.2 Å².